The maximum absolute atomic E-state index is 2.43. The van der Waals surface area contributed by atoms with Crippen LogP contribution in [0.25, 0.3) is 88.4 Å². The maximum Gasteiger partial charge on any atom is 0.0542 e. The molecule has 14 rings (SSSR count). The fourth-order valence-corrected chi connectivity index (χ4v) is 11.7. The molecule has 0 bridgehead atoms. The van der Waals surface area contributed by atoms with Gasteiger partial charge in [0.2, 0.25) is 0 Å². The van der Waals surface area contributed by atoms with Crippen LogP contribution in [0.1, 0.15) is 22.6 Å². The quantitative estimate of drug-likeness (QED) is 0.118. The van der Waals surface area contributed by atoms with Crippen molar-refractivity contribution in [2.75, 3.05) is 4.90 Å². The highest BCUT2D eigenvalue weighted by Gasteiger charge is 2.22. The molecular weight excluding hydrogens is 919 g/mol. The molecule has 14 aromatic rings. The Hall–Kier alpha value is -9.96. The summed E-state index contributed by atoms with van der Waals surface area (Å²) in [4.78, 5) is 2.40. The highest BCUT2D eigenvalue weighted by molar-refractivity contribution is 6.11. The van der Waals surface area contributed by atoms with E-state index < -0.39 is 0 Å². The molecule has 0 saturated carbocycles. The zero-order chi connectivity index (χ0) is 50.4. The number of rotatable bonds is 11. The standard InChI is InChI=1S/C73H51N3/c1-5-19-51(20-6-1)56-23-17-25-58(47-56)73(59-41-45-71-67(49-59)65-31-13-15-33-69(65)75(71)60-26-9-3-10-27-60)55-37-35-53(36-38-55)54-39-42-62(43-40-54)74(63-30-18-24-57(48-63)52-21-7-2-8-22-52)64-44-46-72-68(50-64)66-32-14-16-34-70(66)76(72)61-28-11-4-12-29-61/h1-50,73H. The molecule has 76 heavy (non-hydrogen) atoms. The molecule has 1 unspecified atom stereocenters. The van der Waals surface area contributed by atoms with E-state index in [2.05, 4.69) is 317 Å². The van der Waals surface area contributed by atoms with Crippen LogP contribution in [0.15, 0.2) is 303 Å². The molecule has 0 radical (unpaired) electrons. The summed E-state index contributed by atoms with van der Waals surface area (Å²) in [6.07, 6.45) is 0. The highest BCUT2D eigenvalue weighted by Crippen LogP contribution is 2.43. The lowest BCUT2D eigenvalue weighted by Crippen LogP contribution is -2.10. The van der Waals surface area contributed by atoms with E-state index in [1.165, 1.54) is 88.1 Å². The minimum atomic E-state index is -0.0115. The first-order valence-electron chi connectivity index (χ1n) is 26.2. The summed E-state index contributed by atoms with van der Waals surface area (Å²) in [5.41, 5.74) is 21.2. The molecule has 0 aliphatic heterocycles. The molecule has 12 aromatic carbocycles. The number of anilines is 3. The third-order valence-corrected chi connectivity index (χ3v) is 15.2. The summed E-state index contributed by atoms with van der Waals surface area (Å²) in [6, 6.07) is 111. The molecular formula is C73H51N3. The molecule has 2 heterocycles. The fourth-order valence-electron chi connectivity index (χ4n) is 11.7. The predicted molar refractivity (Wildman–Crippen MR) is 320 cm³/mol. The van der Waals surface area contributed by atoms with E-state index in [0.29, 0.717) is 0 Å². The Bertz CT molecular complexity index is 4080. The van der Waals surface area contributed by atoms with E-state index in [0.717, 1.165) is 34.0 Å². The molecule has 0 aliphatic rings. The Kier molecular flexibility index (Phi) is 11.3. The second-order valence-electron chi connectivity index (χ2n) is 19.7. The zero-order valence-corrected chi connectivity index (χ0v) is 41.8. The Labute approximate surface area is 443 Å². The molecule has 0 aliphatic carbocycles. The van der Waals surface area contributed by atoms with E-state index in [4.69, 9.17) is 0 Å². The van der Waals surface area contributed by atoms with Crippen molar-refractivity contribution in [3.63, 3.8) is 0 Å². The van der Waals surface area contributed by atoms with Crippen molar-refractivity contribution in [3.05, 3.63) is 320 Å². The van der Waals surface area contributed by atoms with Crippen molar-refractivity contribution in [3.8, 4) is 44.8 Å². The highest BCUT2D eigenvalue weighted by atomic mass is 15.1. The first kappa shape index (κ1) is 44.7. The van der Waals surface area contributed by atoms with Crippen molar-refractivity contribution in [2.24, 2.45) is 0 Å². The second kappa shape index (κ2) is 19.1. The van der Waals surface area contributed by atoms with Crippen molar-refractivity contribution < 1.29 is 0 Å². The number of nitrogens with zero attached hydrogens (tertiary/aromatic N) is 3. The average molecular weight is 970 g/mol. The smallest absolute Gasteiger partial charge is 0.0542 e. The lowest BCUT2D eigenvalue weighted by Gasteiger charge is -2.26. The van der Waals surface area contributed by atoms with Crippen LogP contribution in [-0.2, 0) is 0 Å². The monoisotopic (exact) mass is 969 g/mol. The molecule has 1 atom stereocenters. The number of aromatic nitrogens is 2. The number of hydrogen-bond acceptors (Lipinski definition) is 1. The SMILES string of the molecule is c1ccc(-c2cccc(C(c3ccc(-c4ccc(N(c5cccc(-c6ccccc6)c5)c5ccc6c(c5)c5ccccc5n6-c5ccccc5)cc4)cc3)c3ccc4c(c3)c3ccccc3n4-c3ccccc3)c2)cc1. The molecule has 0 fully saturated rings. The minimum Gasteiger partial charge on any atom is -0.310 e. The summed E-state index contributed by atoms with van der Waals surface area (Å²) >= 11 is 0. The van der Waals surface area contributed by atoms with E-state index >= 15 is 0 Å². The predicted octanol–water partition coefficient (Wildman–Crippen LogP) is 19.5. The van der Waals surface area contributed by atoms with Gasteiger partial charge in [-0.2, -0.15) is 0 Å². The molecule has 0 saturated heterocycles. The topological polar surface area (TPSA) is 13.1 Å². The van der Waals surface area contributed by atoms with Gasteiger partial charge in [0.15, 0.2) is 0 Å². The van der Waals surface area contributed by atoms with Gasteiger partial charge in [-0.1, -0.05) is 212 Å². The van der Waals surface area contributed by atoms with Gasteiger partial charge in [-0.05, 0) is 141 Å². The van der Waals surface area contributed by atoms with Gasteiger partial charge in [0.25, 0.3) is 0 Å². The number of benzene rings is 12. The van der Waals surface area contributed by atoms with Crippen molar-refractivity contribution >= 4 is 60.7 Å². The van der Waals surface area contributed by atoms with Gasteiger partial charge in [0.1, 0.15) is 0 Å². The Morgan fingerprint density at radius 3 is 1.21 bits per heavy atom. The van der Waals surface area contributed by atoms with Gasteiger partial charge in [0.05, 0.1) is 22.1 Å². The van der Waals surface area contributed by atoms with Crippen LogP contribution in [0, 0.1) is 0 Å². The summed E-state index contributed by atoms with van der Waals surface area (Å²) in [7, 11) is 0. The maximum atomic E-state index is 2.43. The van der Waals surface area contributed by atoms with Crippen molar-refractivity contribution in [2.45, 2.75) is 5.92 Å². The summed E-state index contributed by atoms with van der Waals surface area (Å²) in [5, 5.41) is 4.93. The van der Waals surface area contributed by atoms with Crippen LogP contribution in [0.5, 0.6) is 0 Å². The molecule has 3 heteroatoms. The first-order chi connectivity index (χ1) is 37.7. The Morgan fingerprint density at radius 2 is 0.618 bits per heavy atom. The van der Waals surface area contributed by atoms with Gasteiger partial charge in [-0.25, -0.2) is 0 Å². The van der Waals surface area contributed by atoms with Gasteiger partial charge >= 0.3 is 0 Å². The largest absolute Gasteiger partial charge is 0.310 e. The average Bonchev–Trinajstić information content (AvgIpc) is 4.08. The van der Waals surface area contributed by atoms with Gasteiger partial charge in [0, 0.05) is 55.9 Å². The second-order valence-corrected chi connectivity index (χ2v) is 19.7. The van der Waals surface area contributed by atoms with Gasteiger partial charge in [-0.15, -0.1) is 0 Å². The third kappa shape index (κ3) is 8.03. The number of fused-ring (bicyclic) bond motifs is 6. The lowest BCUT2D eigenvalue weighted by molar-refractivity contribution is 0.980. The molecule has 0 spiro atoms. The van der Waals surface area contributed by atoms with Crippen LogP contribution >= 0.6 is 0 Å². The summed E-state index contributed by atoms with van der Waals surface area (Å²) in [6.45, 7) is 0. The first-order valence-corrected chi connectivity index (χ1v) is 26.2. The van der Waals surface area contributed by atoms with Crippen LogP contribution in [0.3, 0.4) is 0 Å². The molecule has 358 valence electrons. The van der Waals surface area contributed by atoms with E-state index in [1.54, 1.807) is 0 Å². The Balaban J connectivity index is 0.858. The van der Waals surface area contributed by atoms with Crippen molar-refractivity contribution in [1.29, 1.82) is 0 Å². The summed E-state index contributed by atoms with van der Waals surface area (Å²) in [5.74, 6) is -0.0115. The minimum absolute atomic E-state index is 0.0115. The normalized spacial score (nSPS) is 11.9. The van der Waals surface area contributed by atoms with E-state index in [1.807, 2.05) is 0 Å². The van der Waals surface area contributed by atoms with Crippen molar-refractivity contribution in [1.82, 2.24) is 9.13 Å². The fraction of sp³-hybridized carbons (Fsp3) is 0.0137. The lowest BCUT2D eigenvalue weighted by atomic mass is 9.83. The molecule has 0 amide bonds. The molecule has 3 nitrogen and oxygen atoms in total. The third-order valence-electron chi connectivity index (χ3n) is 15.2. The molecule has 2 aromatic heterocycles. The number of hydrogen-bond donors (Lipinski definition) is 0. The summed E-state index contributed by atoms with van der Waals surface area (Å²) < 4.78 is 4.77. The van der Waals surface area contributed by atoms with Crippen LogP contribution in [-0.4, -0.2) is 9.13 Å². The van der Waals surface area contributed by atoms with Crippen LogP contribution in [0.2, 0.25) is 0 Å². The number of para-hydroxylation sites is 4. The zero-order valence-electron chi connectivity index (χ0n) is 41.8. The molecule has 0 N–H and O–H groups in total. The van der Waals surface area contributed by atoms with Crippen LogP contribution < -0.4 is 4.90 Å². The van der Waals surface area contributed by atoms with E-state index in [-0.39, 0.29) is 5.92 Å². The van der Waals surface area contributed by atoms with Gasteiger partial charge < -0.3 is 14.0 Å². The van der Waals surface area contributed by atoms with E-state index in [9.17, 15) is 0 Å². The van der Waals surface area contributed by atoms with Crippen LogP contribution in [0.4, 0.5) is 17.1 Å². The van der Waals surface area contributed by atoms with Gasteiger partial charge in [-0.3, -0.25) is 0 Å². The Morgan fingerprint density at radius 1 is 0.224 bits per heavy atom.